The Labute approximate surface area is 152 Å². The largest absolute Gasteiger partial charge is 0.496 e. The highest BCUT2D eigenvalue weighted by Gasteiger charge is 2.06. The van der Waals surface area contributed by atoms with Gasteiger partial charge in [-0.1, -0.05) is 15.9 Å². The third-order valence-corrected chi connectivity index (χ3v) is 3.76. The molecule has 1 heterocycles. The van der Waals surface area contributed by atoms with Crippen molar-refractivity contribution in [2.45, 2.75) is 0 Å². The van der Waals surface area contributed by atoms with Crippen LogP contribution in [0.1, 0.15) is 5.56 Å². The molecule has 0 aliphatic rings. The minimum atomic E-state index is -0.493. The smallest absolute Gasteiger partial charge is 0.336 e. The molecule has 1 aromatic heterocycles. The number of hydrogen-bond donors (Lipinski definition) is 0. The lowest BCUT2D eigenvalue weighted by atomic mass is 10.2. The van der Waals surface area contributed by atoms with Crippen molar-refractivity contribution in [3.8, 4) is 23.0 Å². The van der Waals surface area contributed by atoms with E-state index in [1.165, 1.54) is 12.5 Å². The minimum Gasteiger partial charge on any atom is -0.496 e. The first-order valence-corrected chi connectivity index (χ1v) is 8.05. The SMILES string of the molecule is COc1ccc(Br)cc1/C=C/C(=O)Oc1ccc(-c2nnco2)cc1. The topological polar surface area (TPSA) is 74.5 Å². The van der Waals surface area contributed by atoms with Crippen molar-refractivity contribution >= 4 is 28.0 Å². The van der Waals surface area contributed by atoms with E-state index in [-0.39, 0.29) is 0 Å². The molecule has 7 heteroatoms. The number of esters is 1. The van der Waals surface area contributed by atoms with Crippen LogP contribution in [0.4, 0.5) is 0 Å². The van der Waals surface area contributed by atoms with E-state index in [2.05, 4.69) is 26.1 Å². The first-order chi connectivity index (χ1) is 12.2. The molecule has 0 saturated carbocycles. The van der Waals surface area contributed by atoms with Gasteiger partial charge in [0.25, 0.3) is 0 Å². The Morgan fingerprint density at radius 2 is 2.00 bits per heavy atom. The van der Waals surface area contributed by atoms with E-state index >= 15 is 0 Å². The molecular weight excluding hydrogens is 388 g/mol. The van der Waals surface area contributed by atoms with Gasteiger partial charge in [0.05, 0.1) is 7.11 Å². The van der Waals surface area contributed by atoms with Gasteiger partial charge < -0.3 is 13.9 Å². The number of ether oxygens (including phenoxy) is 2. The van der Waals surface area contributed by atoms with E-state index in [0.717, 1.165) is 15.6 Å². The van der Waals surface area contributed by atoms with Crippen LogP contribution in [0.5, 0.6) is 11.5 Å². The number of benzene rings is 2. The average Bonchev–Trinajstić information content (AvgIpc) is 3.15. The van der Waals surface area contributed by atoms with Crippen molar-refractivity contribution in [2.75, 3.05) is 7.11 Å². The van der Waals surface area contributed by atoms with Crippen molar-refractivity contribution in [1.82, 2.24) is 10.2 Å². The van der Waals surface area contributed by atoms with E-state index in [1.54, 1.807) is 37.5 Å². The lowest BCUT2D eigenvalue weighted by molar-refractivity contribution is -0.128. The van der Waals surface area contributed by atoms with Gasteiger partial charge in [-0.05, 0) is 48.5 Å². The Hall–Kier alpha value is -2.93. The molecule has 0 N–H and O–H groups in total. The van der Waals surface area contributed by atoms with Crippen LogP contribution in [0.3, 0.4) is 0 Å². The fourth-order valence-electron chi connectivity index (χ4n) is 2.11. The van der Waals surface area contributed by atoms with Gasteiger partial charge >= 0.3 is 5.97 Å². The molecule has 3 aromatic rings. The monoisotopic (exact) mass is 400 g/mol. The van der Waals surface area contributed by atoms with Crippen LogP contribution in [-0.2, 0) is 4.79 Å². The molecule has 2 aromatic carbocycles. The molecule has 6 nitrogen and oxygen atoms in total. The van der Waals surface area contributed by atoms with Gasteiger partial charge in [0.2, 0.25) is 12.3 Å². The summed E-state index contributed by atoms with van der Waals surface area (Å²) in [7, 11) is 1.57. The molecule has 0 radical (unpaired) electrons. The third-order valence-electron chi connectivity index (χ3n) is 3.27. The average molecular weight is 401 g/mol. The zero-order chi connectivity index (χ0) is 17.6. The second kappa shape index (κ2) is 7.76. The normalized spacial score (nSPS) is 10.8. The number of halogens is 1. The number of methoxy groups -OCH3 is 1. The lowest BCUT2D eigenvalue weighted by Gasteiger charge is -2.05. The maximum absolute atomic E-state index is 12.0. The highest BCUT2D eigenvalue weighted by molar-refractivity contribution is 9.10. The first kappa shape index (κ1) is 16.9. The zero-order valence-electron chi connectivity index (χ0n) is 13.2. The maximum Gasteiger partial charge on any atom is 0.336 e. The van der Waals surface area contributed by atoms with Crippen LogP contribution in [0.25, 0.3) is 17.5 Å². The van der Waals surface area contributed by atoms with Crippen LogP contribution in [0.2, 0.25) is 0 Å². The molecule has 126 valence electrons. The van der Waals surface area contributed by atoms with Crippen LogP contribution in [0, 0.1) is 0 Å². The highest BCUT2D eigenvalue weighted by Crippen LogP contribution is 2.24. The van der Waals surface area contributed by atoms with Gasteiger partial charge in [-0.15, -0.1) is 10.2 Å². The maximum atomic E-state index is 12.0. The molecule has 0 bridgehead atoms. The molecule has 25 heavy (non-hydrogen) atoms. The van der Waals surface area contributed by atoms with E-state index in [0.29, 0.717) is 17.4 Å². The van der Waals surface area contributed by atoms with Crippen molar-refractivity contribution < 1.29 is 18.7 Å². The summed E-state index contributed by atoms with van der Waals surface area (Å²) in [5, 5.41) is 7.43. The van der Waals surface area contributed by atoms with Gasteiger partial charge in [-0.25, -0.2) is 4.79 Å². The second-order valence-corrected chi connectivity index (χ2v) is 5.82. The number of aromatic nitrogens is 2. The summed E-state index contributed by atoms with van der Waals surface area (Å²) >= 11 is 3.39. The molecule has 3 rings (SSSR count). The first-order valence-electron chi connectivity index (χ1n) is 7.26. The summed E-state index contributed by atoms with van der Waals surface area (Å²) in [6.07, 6.45) is 4.24. The van der Waals surface area contributed by atoms with Gasteiger partial charge in [0, 0.05) is 21.7 Å². The van der Waals surface area contributed by atoms with Crippen LogP contribution < -0.4 is 9.47 Å². The number of nitrogens with zero attached hydrogens (tertiary/aromatic N) is 2. The predicted octanol–water partition coefficient (Wildman–Crippen LogP) is 4.13. The Morgan fingerprint density at radius 3 is 2.68 bits per heavy atom. The summed E-state index contributed by atoms with van der Waals surface area (Å²) in [5.41, 5.74) is 1.51. The van der Waals surface area contributed by atoms with Crippen LogP contribution >= 0.6 is 15.9 Å². The Morgan fingerprint density at radius 1 is 1.20 bits per heavy atom. The van der Waals surface area contributed by atoms with E-state index in [4.69, 9.17) is 13.9 Å². The van der Waals surface area contributed by atoms with Gasteiger partial charge in [0.15, 0.2) is 0 Å². The summed E-state index contributed by atoms with van der Waals surface area (Å²) in [4.78, 5) is 12.0. The number of carbonyl (C=O) groups is 1. The number of hydrogen-bond acceptors (Lipinski definition) is 6. The van der Waals surface area contributed by atoms with Crippen LogP contribution in [0.15, 0.2) is 63.8 Å². The number of rotatable bonds is 5. The van der Waals surface area contributed by atoms with Crippen molar-refractivity contribution in [3.63, 3.8) is 0 Å². The molecule has 0 amide bonds. The van der Waals surface area contributed by atoms with Crippen LogP contribution in [-0.4, -0.2) is 23.3 Å². The standard InChI is InChI=1S/C18H13BrN2O4/c1-23-16-8-5-14(19)10-13(16)4-9-17(22)25-15-6-2-12(3-7-15)18-21-20-11-24-18/h2-11H,1H3/b9-4+. The van der Waals surface area contributed by atoms with Crippen molar-refractivity contribution in [2.24, 2.45) is 0 Å². The van der Waals surface area contributed by atoms with Gasteiger partial charge in [-0.3, -0.25) is 0 Å². The quantitative estimate of drug-likeness (QED) is 0.364. The fraction of sp³-hybridized carbons (Fsp3) is 0.0556. The Kier molecular flexibility index (Phi) is 5.25. The minimum absolute atomic E-state index is 0.402. The lowest BCUT2D eigenvalue weighted by Crippen LogP contribution is -2.03. The molecule has 0 unspecified atom stereocenters. The highest BCUT2D eigenvalue weighted by atomic mass is 79.9. The predicted molar refractivity (Wildman–Crippen MR) is 95.1 cm³/mol. The third kappa shape index (κ3) is 4.33. The Bertz CT molecular complexity index is 890. The molecule has 0 fully saturated rings. The van der Waals surface area contributed by atoms with Gasteiger partial charge in [0.1, 0.15) is 11.5 Å². The second-order valence-electron chi connectivity index (χ2n) is 4.91. The summed E-state index contributed by atoms with van der Waals surface area (Å²) < 4.78 is 16.5. The molecule has 0 saturated heterocycles. The molecule has 0 spiro atoms. The molecule has 0 aliphatic carbocycles. The molecule has 0 aliphatic heterocycles. The number of carbonyl (C=O) groups excluding carboxylic acids is 1. The summed E-state index contributed by atoms with van der Waals surface area (Å²) in [6, 6.07) is 12.3. The molecular formula is C18H13BrN2O4. The fourth-order valence-corrected chi connectivity index (χ4v) is 2.49. The Balaban J connectivity index is 1.67. The van der Waals surface area contributed by atoms with E-state index < -0.39 is 5.97 Å². The van der Waals surface area contributed by atoms with E-state index in [1.807, 2.05) is 18.2 Å². The molecule has 0 atom stereocenters. The summed E-state index contributed by atoms with van der Waals surface area (Å²) in [5.74, 6) is 0.988. The summed E-state index contributed by atoms with van der Waals surface area (Å²) in [6.45, 7) is 0. The van der Waals surface area contributed by atoms with Gasteiger partial charge in [-0.2, -0.15) is 0 Å². The zero-order valence-corrected chi connectivity index (χ0v) is 14.8. The van der Waals surface area contributed by atoms with E-state index in [9.17, 15) is 4.79 Å². The van der Waals surface area contributed by atoms with Crippen molar-refractivity contribution in [3.05, 3.63) is 65.0 Å². The van der Waals surface area contributed by atoms with Crippen molar-refractivity contribution in [1.29, 1.82) is 0 Å².